The first-order valence-electron chi connectivity index (χ1n) is 6.58. The van der Waals surface area contributed by atoms with Crippen molar-refractivity contribution in [3.05, 3.63) is 29.0 Å². The Balaban J connectivity index is 1.87. The van der Waals surface area contributed by atoms with E-state index < -0.39 is 5.82 Å². The molecule has 1 aliphatic rings. The van der Waals surface area contributed by atoms with Crippen molar-refractivity contribution in [2.75, 3.05) is 31.1 Å². The molecule has 7 heteroatoms. The van der Waals surface area contributed by atoms with E-state index in [2.05, 4.69) is 25.4 Å². The van der Waals surface area contributed by atoms with E-state index in [1.54, 1.807) is 12.1 Å². The van der Waals surface area contributed by atoms with Crippen LogP contribution in [-0.2, 0) is 0 Å². The Morgan fingerprint density at radius 1 is 1.25 bits per heavy atom. The summed E-state index contributed by atoms with van der Waals surface area (Å²) in [6.45, 7) is 3.63. The van der Waals surface area contributed by atoms with Gasteiger partial charge in [-0.25, -0.2) is 4.39 Å². The summed E-state index contributed by atoms with van der Waals surface area (Å²) in [5, 5.41) is 10.4. The van der Waals surface area contributed by atoms with Crippen LogP contribution in [0.25, 0.3) is 11.4 Å². The van der Waals surface area contributed by atoms with Crippen LogP contribution in [0.1, 0.15) is 6.42 Å². The Hall–Kier alpha value is -1.66. The van der Waals surface area contributed by atoms with Gasteiger partial charge in [0.15, 0.2) is 11.6 Å². The van der Waals surface area contributed by atoms with E-state index in [0.717, 1.165) is 32.6 Å². The zero-order valence-corrected chi connectivity index (χ0v) is 11.6. The molecule has 1 fully saturated rings. The third-order valence-corrected chi connectivity index (χ3v) is 3.60. The van der Waals surface area contributed by atoms with Gasteiger partial charge in [0, 0.05) is 19.6 Å². The predicted molar refractivity (Wildman–Crippen MR) is 76.5 cm³/mol. The summed E-state index contributed by atoms with van der Waals surface area (Å²) in [5.74, 6) is 0.523. The van der Waals surface area contributed by atoms with Crippen LogP contribution in [-0.4, -0.2) is 41.4 Å². The number of aromatic amines is 1. The minimum atomic E-state index is -0.477. The standard InChI is InChI=1S/C13H15ClFN5/c14-10-4-1-3-9(11(10)15)12-17-13(19-18-12)20-7-2-5-16-6-8-20/h1,3-4,16H,2,5-8H2,(H,17,18,19). The lowest BCUT2D eigenvalue weighted by molar-refractivity contribution is 0.630. The summed E-state index contributed by atoms with van der Waals surface area (Å²) in [6, 6.07) is 4.84. The second-order valence-corrected chi connectivity index (χ2v) is 5.08. The monoisotopic (exact) mass is 295 g/mol. The van der Waals surface area contributed by atoms with Gasteiger partial charge in [-0.15, -0.1) is 5.10 Å². The molecule has 1 aromatic carbocycles. The van der Waals surface area contributed by atoms with E-state index in [9.17, 15) is 4.39 Å². The molecule has 0 spiro atoms. The van der Waals surface area contributed by atoms with Crippen LogP contribution in [0, 0.1) is 5.82 Å². The third-order valence-electron chi connectivity index (χ3n) is 3.30. The van der Waals surface area contributed by atoms with Gasteiger partial charge in [0.1, 0.15) is 0 Å². The number of aromatic nitrogens is 3. The van der Waals surface area contributed by atoms with E-state index in [1.807, 2.05) is 0 Å². The molecule has 3 rings (SSSR count). The molecular weight excluding hydrogens is 281 g/mol. The van der Waals surface area contributed by atoms with Gasteiger partial charge in [-0.2, -0.15) is 4.98 Å². The molecule has 0 radical (unpaired) electrons. The number of rotatable bonds is 2. The number of benzene rings is 1. The first kappa shape index (κ1) is 13.3. The van der Waals surface area contributed by atoms with Crippen molar-refractivity contribution in [1.82, 2.24) is 20.5 Å². The highest BCUT2D eigenvalue weighted by Crippen LogP contribution is 2.26. The van der Waals surface area contributed by atoms with E-state index in [-0.39, 0.29) is 5.02 Å². The van der Waals surface area contributed by atoms with Crippen molar-refractivity contribution in [2.45, 2.75) is 6.42 Å². The van der Waals surface area contributed by atoms with Gasteiger partial charge >= 0.3 is 0 Å². The molecule has 2 heterocycles. The Bertz CT molecular complexity index is 592. The Kier molecular flexibility index (Phi) is 3.84. The molecule has 0 atom stereocenters. The highest BCUT2D eigenvalue weighted by Gasteiger charge is 2.17. The van der Waals surface area contributed by atoms with Crippen LogP contribution >= 0.6 is 11.6 Å². The molecule has 0 amide bonds. The number of hydrogen-bond acceptors (Lipinski definition) is 4. The van der Waals surface area contributed by atoms with E-state index in [4.69, 9.17) is 11.6 Å². The van der Waals surface area contributed by atoms with Crippen LogP contribution < -0.4 is 10.2 Å². The van der Waals surface area contributed by atoms with Crippen molar-refractivity contribution >= 4 is 17.5 Å². The summed E-state index contributed by atoms with van der Waals surface area (Å²) in [7, 11) is 0. The van der Waals surface area contributed by atoms with Gasteiger partial charge in [0.05, 0.1) is 10.6 Å². The molecule has 2 aromatic rings. The molecule has 0 bridgehead atoms. The van der Waals surface area contributed by atoms with Crippen molar-refractivity contribution in [3.63, 3.8) is 0 Å². The Labute approximate surface area is 121 Å². The first-order valence-corrected chi connectivity index (χ1v) is 6.96. The van der Waals surface area contributed by atoms with Gasteiger partial charge in [-0.1, -0.05) is 17.7 Å². The molecule has 20 heavy (non-hydrogen) atoms. The molecule has 1 aliphatic heterocycles. The van der Waals surface area contributed by atoms with Crippen molar-refractivity contribution in [1.29, 1.82) is 0 Å². The van der Waals surface area contributed by atoms with Gasteiger partial charge < -0.3 is 10.2 Å². The molecule has 106 valence electrons. The quantitative estimate of drug-likeness (QED) is 0.890. The Morgan fingerprint density at radius 2 is 2.15 bits per heavy atom. The van der Waals surface area contributed by atoms with Crippen LogP contribution in [0.2, 0.25) is 5.02 Å². The molecule has 5 nitrogen and oxygen atoms in total. The van der Waals surface area contributed by atoms with E-state index in [1.165, 1.54) is 6.07 Å². The summed E-state index contributed by atoms with van der Waals surface area (Å²) in [4.78, 5) is 6.47. The van der Waals surface area contributed by atoms with E-state index in [0.29, 0.717) is 17.3 Å². The second-order valence-electron chi connectivity index (χ2n) is 4.68. The number of halogens is 2. The fourth-order valence-electron chi connectivity index (χ4n) is 2.25. The highest BCUT2D eigenvalue weighted by molar-refractivity contribution is 6.31. The van der Waals surface area contributed by atoms with Crippen molar-refractivity contribution < 1.29 is 4.39 Å². The van der Waals surface area contributed by atoms with E-state index >= 15 is 0 Å². The predicted octanol–water partition coefficient (Wildman–Crippen LogP) is 2.06. The second kappa shape index (κ2) is 5.76. The number of hydrogen-bond donors (Lipinski definition) is 2. The van der Waals surface area contributed by atoms with Gasteiger partial charge in [-0.05, 0) is 25.1 Å². The van der Waals surface area contributed by atoms with Crippen LogP contribution in [0.15, 0.2) is 18.2 Å². The van der Waals surface area contributed by atoms with Gasteiger partial charge in [0.25, 0.3) is 0 Å². The van der Waals surface area contributed by atoms with Crippen molar-refractivity contribution in [2.24, 2.45) is 0 Å². The molecule has 0 aliphatic carbocycles. The highest BCUT2D eigenvalue weighted by atomic mass is 35.5. The first-order chi connectivity index (χ1) is 9.75. The lowest BCUT2D eigenvalue weighted by atomic mass is 10.2. The summed E-state index contributed by atoms with van der Waals surface area (Å²) >= 11 is 5.79. The minimum Gasteiger partial charge on any atom is -0.338 e. The number of anilines is 1. The lowest BCUT2D eigenvalue weighted by Crippen LogP contribution is -2.28. The molecular formula is C13H15ClFN5. The number of nitrogens with one attached hydrogen (secondary N) is 2. The van der Waals surface area contributed by atoms with Crippen LogP contribution in [0.5, 0.6) is 0 Å². The Morgan fingerprint density at radius 3 is 3.05 bits per heavy atom. The minimum absolute atomic E-state index is 0.0828. The van der Waals surface area contributed by atoms with Crippen LogP contribution in [0.4, 0.5) is 10.3 Å². The fraction of sp³-hybridized carbons (Fsp3) is 0.385. The molecule has 2 N–H and O–H groups in total. The lowest BCUT2D eigenvalue weighted by Gasteiger charge is -2.16. The SMILES string of the molecule is Fc1c(Cl)cccc1-c1nc(N2CCCNCC2)n[nH]1. The normalized spacial score (nSPS) is 16.2. The molecule has 1 aromatic heterocycles. The maximum Gasteiger partial charge on any atom is 0.245 e. The summed E-state index contributed by atoms with van der Waals surface area (Å²) < 4.78 is 14.0. The molecule has 0 saturated carbocycles. The fourth-order valence-corrected chi connectivity index (χ4v) is 2.42. The summed E-state index contributed by atoms with van der Waals surface area (Å²) in [5.41, 5.74) is 0.337. The smallest absolute Gasteiger partial charge is 0.245 e. The maximum atomic E-state index is 14.0. The molecule has 1 saturated heterocycles. The van der Waals surface area contributed by atoms with Gasteiger partial charge in [0.2, 0.25) is 5.95 Å². The van der Waals surface area contributed by atoms with Crippen molar-refractivity contribution in [3.8, 4) is 11.4 Å². The largest absolute Gasteiger partial charge is 0.338 e. The zero-order valence-electron chi connectivity index (χ0n) is 10.9. The van der Waals surface area contributed by atoms with Crippen LogP contribution in [0.3, 0.4) is 0 Å². The third kappa shape index (κ3) is 2.62. The average Bonchev–Trinajstić information content (AvgIpc) is 2.77. The maximum absolute atomic E-state index is 14.0. The molecule has 0 unspecified atom stereocenters. The zero-order chi connectivity index (χ0) is 13.9. The summed E-state index contributed by atoms with van der Waals surface area (Å²) in [6.07, 6.45) is 1.04. The topological polar surface area (TPSA) is 56.8 Å². The van der Waals surface area contributed by atoms with Gasteiger partial charge in [-0.3, -0.25) is 5.10 Å². The number of H-pyrrole nitrogens is 1. The average molecular weight is 296 g/mol. The number of nitrogens with zero attached hydrogens (tertiary/aromatic N) is 3.